The summed E-state index contributed by atoms with van der Waals surface area (Å²) in [6, 6.07) is 3.98. The van der Waals surface area contributed by atoms with Crippen LogP contribution in [-0.4, -0.2) is 10.8 Å². The zero-order valence-electron chi connectivity index (χ0n) is 11.1. The van der Waals surface area contributed by atoms with Gasteiger partial charge >= 0.3 is 0 Å². The first kappa shape index (κ1) is 11.5. The van der Waals surface area contributed by atoms with Crippen molar-refractivity contribution in [3.63, 3.8) is 0 Å². The predicted molar refractivity (Wildman–Crippen MR) is 71.3 cm³/mol. The SMILES string of the molecule is CC1C2=C(CC(C)(C)CC2=O)Nc2ncccc21. The minimum Gasteiger partial charge on any atom is -0.343 e. The lowest BCUT2D eigenvalue weighted by Crippen LogP contribution is -2.33. The average Bonchev–Trinajstić information content (AvgIpc) is 2.26. The molecule has 1 atom stereocenters. The fraction of sp³-hybridized carbons (Fsp3) is 0.467. The quantitative estimate of drug-likeness (QED) is 0.759. The fourth-order valence-corrected chi connectivity index (χ4v) is 3.12. The number of aromatic nitrogens is 1. The highest BCUT2D eigenvalue weighted by Gasteiger charge is 2.38. The summed E-state index contributed by atoms with van der Waals surface area (Å²) in [7, 11) is 0. The van der Waals surface area contributed by atoms with E-state index >= 15 is 0 Å². The summed E-state index contributed by atoms with van der Waals surface area (Å²) < 4.78 is 0. The van der Waals surface area contributed by atoms with E-state index in [-0.39, 0.29) is 17.1 Å². The zero-order valence-corrected chi connectivity index (χ0v) is 11.1. The van der Waals surface area contributed by atoms with Crippen molar-refractivity contribution in [1.29, 1.82) is 0 Å². The smallest absolute Gasteiger partial charge is 0.161 e. The van der Waals surface area contributed by atoms with Crippen LogP contribution >= 0.6 is 0 Å². The van der Waals surface area contributed by atoms with Gasteiger partial charge in [-0.15, -0.1) is 0 Å². The number of rotatable bonds is 0. The van der Waals surface area contributed by atoms with Crippen molar-refractivity contribution in [3.8, 4) is 0 Å². The van der Waals surface area contributed by atoms with Crippen molar-refractivity contribution in [2.75, 3.05) is 5.32 Å². The zero-order chi connectivity index (χ0) is 12.9. The van der Waals surface area contributed by atoms with E-state index in [1.54, 1.807) is 6.20 Å². The summed E-state index contributed by atoms with van der Waals surface area (Å²) in [5.74, 6) is 1.36. The Morgan fingerprint density at radius 3 is 2.94 bits per heavy atom. The number of pyridine rings is 1. The molecule has 0 radical (unpaired) electrons. The van der Waals surface area contributed by atoms with Crippen LogP contribution in [0.15, 0.2) is 29.6 Å². The molecule has 0 aromatic carbocycles. The van der Waals surface area contributed by atoms with Crippen LogP contribution in [0, 0.1) is 5.41 Å². The molecule has 1 unspecified atom stereocenters. The van der Waals surface area contributed by atoms with Gasteiger partial charge in [0, 0.05) is 35.4 Å². The lowest BCUT2D eigenvalue weighted by atomic mass is 9.71. The molecule has 1 aliphatic heterocycles. The van der Waals surface area contributed by atoms with E-state index in [0.717, 1.165) is 29.1 Å². The fourth-order valence-electron chi connectivity index (χ4n) is 3.12. The van der Waals surface area contributed by atoms with Crippen LogP contribution in [0.3, 0.4) is 0 Å². The van der Waals surface area contributed by atoms with Crippen LogP contribution in [0.1, 0.15) is 45.1 Å². The molecule has 3 nitrogen and oxygen atoms in total. The van der Waals surface area contributed by atoms with Crippen LogP contribution in [-0.2, 0) is 4.79 Å². The Morgan fingerprint density at radius 1 is 1.39 bits per heavy atom. The van der Waals surface area contributed by atoms with Gasteiger partial charge < -0.3 is 5.32 Å². The van der Waals surface area contributed by atoms with Crippen molar-refractivity contribution in [2.24, 2.45) is 5.41 Å². The normalized spacial score (nSPS) is 25.3. The maximum atomic E-state index is 12.3. The monoisotopic (exact) mass is 242 g/mol. The Hall–Kier alpha value is -1.64. The molecule has 18 heavy (non-hydrogen) atoms. The van der Waals surface area contributed by atoms with E-state index in [2.05, 4.69) is 37.1 Å². The molecule has 2 heterocycles. The Balaban J connectivity index is 2.10. The second-order valence-electron chi connectivity index (χ2n) is 6.12. The van der Waals surface area contributed by atoms with Crippen molar-refractivity contribution < 1.29 is 4.79 Å². The number of anilines is 1. The standard InChI is InChI=1S/C15H18N2O/c1-9-10-5-4-6-16-14(10)17-11-7-15(2,3)8-12(18)13(9)11/h4-6,9H,7-8H2,1-3H3,(H,16,17). The molecule has 1 aromatic rings. The average molecular weight is 242 g/mol. The Kier molecular flexibility index (Phi) is 2.34. The lowest BCUT2D eigenvalue weighted by Gasteiger charge is -2.37. The van der Waals surface area contributed by atoms with Gasteiger partial charge in [-0.1, -0.05) is 26.8 Å². The maximum absolute atomic E-state index is 12.3. The molecule has 1 aliphatic carbocycles. The molecule has 1 aromatic heterocycles. The highest BCUT2D eigenvalue weighted by Crippen LogP contribution is 2.45. The van der Waals surface area contributed by atoms with Crippen molar-refractivity contribution in [1.82, 2.24) is 4.98 Å². The molecular formula is C15H18N2O. The van der Waals surface area contributed by atoms with E-state index in [0.29, 0.717) is 6.42 Å². The minimum atomic E-state index is 0.0505. The van der Waals surface area contributed by atoms with Gasteiger partial charge in [0.2, 0.25) is 0 Å². The van der Waals surface area contributed by atoms with Gasteiger partial charge in [0.25, 0.3) is 0 Å². The molecule has 0 saturated heterocycles. The first-order valence-electron chi connectivity index (χ1n) is 6.46. The summed E-state index contributed by atoms with van der Waals surface area (Å²) in [6.45, 7) is 6.40. The number of nitrogens with one attached hydrogen (secondary N) is 1. The van der Waals surface area contributed by atoms with Gasteiger partial charge in [0.15, 0.2) is 5.78 Å². The highest BCUT2D eigenvalue weighted by atomic mass is 16.1. The van der Waals surface area contributed by atoms with E-state index in [9.17, 15) is 4.79 Å². The van der Waals surface area contributed by atoms with Crippen LogP contribution < -0.4 is 5.32 Å². The summed E-state index contributed by atoms with van der Waals surface area (Å²) in [6.07, 6.45) is 3.36. The molecule has 0 spiro atoms. The molecule has 0 amide bonds. The van der Waals surface area contributed by atoms with Gasteiger partial charge in [0.1, 0.15) is 5.82 Å². The first-order chi connectivity index (χ1) is 8.48. The van der Waals surface area contributed by atoms with Gasteiger partial charge in [-0.3, -0.25) is 4.79 Å². The van der Waals surface area contributed by atoms with Crippen molar-refractivity contribution >= 4 is 11.6 Å². The Labute approximate surface area is 107 Å². The van der Waals surface area contributed by atoms with Crippen LogP contribution in [0.4, 0.5) is 5.82 Å². The molecule has 2 aliphatic rings. The Morgan fingerprint density at radius 2 is 2.17 bits per heavy atom. The second kappa shape index (κ2) is 3.67. The number of hydrogen-bond acceptors (Lipinski definition) is 3. The highest BCUT2D eigenvalue weighted by molar-refractivity contribution is 6.00. The van der Waals surface area contributed by atoms with Gasteiger partial charge in [-0.2, -0.15) is 0 Å². The van der Waals surface area contributed by atoms with Crippen molar-refractivity contribution in [2.45, 2.75) is 39.5 Å². The minimum absolute atomic E-state index is 0.0505. The van der Waals surface area contributed by atoms with E-state index in [1.807, 2.05) is 6.07 Å². The van der Waals surface area contributed by atoms with Crippen LogP contribution in [0.25, 0.3) is 0 Å². The number of allylic oxidation sites excluding steroid dienone is 2. The molecule has 0 fully saturated rings. The summed E-state index contributed by atoms with van der Waals surface area (Å²) >= 11 is 0. The number of carbonyl (C=O) groups is 1. The Bertz CT molecular complexity index is 557. The third-order valence-electron chi connectivity index (χ3n) is 3.93. The number of Topliss-reactive ketones (excluding diaryl/α,β-unsaturated/α-hetero) is 1. The molecule has 0 saturated carbocycles. The van der Waals surface area contributed by atoms with Gasteiger partial charge in [-0.25, -0.2) is 4.98 Å². The lowest BCUT2D eigenvalue weighted by molar-refractivity contribution is -0.118. The number of hydrogen-bond donors (Lipinski definition) is 1. The van der Waals surface area contributed by atoms with Crippen molar-refractivity contribution in [3.05, 3.63) is 35.2 Å². The molecule has 3 heteroatoms. The largest absolute Gasteiger partial charge is 0.343 e. The molecule has 94 valence electrons. The molecule has 3 rings (SSSR count). The van der Waals surface area contributed by atoms with Crippen LogP contribution in [0.5, 0.6) is 0 Å². The molecule has 0 bridgehead atoms. The van der Waals surface area contributed by atoms with Gasteiger partial charge in [-0.05, 0) is 17.9 Å². The predicted octanol–water partition coefficient (Wildman–Crippen LogP) is 3.25. The topological polar surface area (TPSA) is 42.0 Å². The second-order valence-corrected chi connectivity index (χ2v) is 6.12. The van der Waals surface area contributed by atoms with Gasteiger partial charge in [0.05, 0.1) is 0 Å². The van der Waals surface area contributed by atoms with E-state index in [4.69, 9.17) is 0 Å². The van der Waals surface area contributed by atoms with E-state index in [1.165, 1.54) is 0 Å². The van der Waals surface area contributed by atoms with E-state index < -0.39 is 0 Å². The summed E-state index contributed by atoms with van der Waals surface area (Å²) in [5.41, 5.74) is 3.23. The maximum Gasteiger partial charge on any atom is 0.161 e. The summed E-state index contributed by atoms with van der Waals surface area (Å²) in [5, 5.41) is 3.36. The number of nitrogens with zero attached hydrogens (tertiary/aromatic N) is 1. The first-order valence-corrected chi connectivity index (χ1v) is 6.46. The summed E-state index contributed by atoms with van der Waals surface area (Å²) in [4.78, 5) is 16.7. The third-order valence-corrected chi connectivity index (χ3v) is 3.93. The van der Waals surface area contributed by atoms with Crippen LogP contribution in [0.2, 0.25) is 0 Å². The number of fused-ring (bicyclic) bond motifs is 1. The number of carbonyl (C=O) groups excluding carboxylic acids is 1. The third kappa shape index (κ3) is 1.65. The molecular weight excluding hydrogens is 224 g/mol. The molecule has 1 N–H and O–H groups in total. The number of ketones is 1.